The Morgan fingerprint density at radius 3 is 2.06 bits per heavy atom. The lowest BCUT2D eigenvalue weighted by Gasteiger charge is -2.31. The lowest BCUT2D eigenvalue weighted by atomic mass is 9.77. The molecule has 0 saturated carbocycles. The van der Waals surface area contributed by atoms with Crippen molar-refractivity contribution in [2.75, 3.05) is 13.1 Å². The van der Waals surface area contributed by atoms with E-state index in [0.29, 0.717) is 5.41 Å². The zero-order valence-corrected chi connectivity index (χ0v) is 12.4. The van der Waals surface area contributed by atoms with Gasteiger partial charge in [-0.05, 0) is 36.8 Å². The predicted octanol–water partition coefficient (Wildman–Crippen LogP) is 4.47. The van der Waals surface area contributed by atoms with Crippen molar-refractivity contribution >= 4 is 0 Å². The van der Waals surface area contributed by atoms with E-state index in [0.717, 1.165) is 18.4 Å². The maximum absolute atomic E-state index is 3.62. The van der Waals surface area contributed by atoms with Gasteiger partial charge in [0.2, 0.25) is 0 Å². The van der Waals surface area contributed by atoms with Crippen molar-refractivity contribution in [3.8, 4) is 0 Å². The molecule has 1 unspecified atom stereocenters. The quantitative estimate of drug-likeness (QED) is 0.603. The van der Waals surface area contributed by atoms with Crippen molar-refractivity contribution in [3.63, 3.8) is 0 Å². The van der Waals surface area contributed by atoms with Crippen molar-refractivity contribution in [2.24, 2.45) is 17.3 Å². The minimum absolute atomic E-state index is 0.442. The summed E-state index contributed by atoms with van der Waals surface area (Å²) >= 11 is 0. The lowest BCUT2D eigenvalue weighted by Crippen LogP contribution is -2.33. The van der Waals surface area contributed by atoms with Gasteiger partial charge in [-0.3, -0.25) is 0 Å². The summed E-state index contributed by atoms with van der Waals surface area (Å²) in [4.78, 5) is 0. The number of unbranched alkanes of at least 4 members (excludes halogenated alkanes) is 2. The van der Waals surface area contributed by atoms with Gasteiger partial charge in [0.25, 0.3) is 0 Å². The van der Waals surface area contributed by atoms with Crippen molar-refractivity contribution in [2.45, 2.75) is 67.2 Å². The fraction of sp³-hybridized carbons (Fsp3) is 1.00. The second-order valence-electron chi connectivity index (χ2n) is 6.61. The molecule has 16 heavy (non-hydrogen) atoms. The number of nitrogens with one attached hydrogen (secondary N) is 1. The molecule has 0 rings (SSSR count). The van der Waals surface area contributed by atoms with Gasteiger partial charge in [0, 0.05) is 0 Å². The van der Waals surface area contributed by atoms with E-state index in [1.54, 1.807) is 0 Å². The molecule has 0 spiro atoms. The van der Waals surface area contributed by atoms with Crippen LogP contribution in [-0.4, -0.2) is 13.1 Å². The molecule has 0 bridgehead atoms. The summed E-state index contributed by atoms with van der Waals surface area (Å²) in [6.07, 6.45) is 5.48. The third-order valence-electron chi connectivity index (χ3n) is 3.32. The van der Waals surface area contributed by atoms with Gasteiger partial charge in [-0.15, -0.1) is 0 Å². The maximum Gasteiger partial charge on any atom is -0.00154 e. The van der Waals surface area contributed by atoms with Crippen LogP contribution in [0.15, 0.2) is 0 Å². The summed E-state index contributed by atoms with van der Waals surface area (Å²) in [5, 5.41) is 3.62. The molecule has 0 heterocycles. The van der Waals surface area contributed by atoms with Crippen molar-refractivity contribution in [3.05, 3.63) is 0 Å². The lowest BCUT2D eigenvalue weighted by molar-refractivity contribution is 0.211. The molecule has 1 N–H and O–H groups in total. The highest BCUT2D eigenvalue weighted by Gasteiger charge is 2.23. The molecule has 1 heteroatoms. The van der Waals surface area contributed by atoms with Crippen LogP contribution < -0.4 is 5.32 Å². The van der Waals surface area contributed by atoms with Crippen molar-refractivity contribution in [1.82, 2.24) is 5.32 Å². The first-order valence-corrected chi connectivity index (χ1v) is 7.08. The Morgan fingerprint density at radius 2 is 1.62 bits per heavy atom. The highest BCUT2D eigenvalue weighted by Crippen LogP contribution is 2.29. The van der Waals surface area contributed by atoms with E-state index in [1.165, 1.54) is 32.2 Å². The molecule has 0 aliphatic carbocycles. The molecule has 98 valence electrons. The van der Waals surface area contributed by atoms with Gasteiger partial charge in [0.15, 0.2) is 0 Å². The van der Waals surface area contributed by atoms with Gasteiger partial charge >= 0.3 is 0 Å². The number of rotatable bonds is 8. The summed E-state index contributed by atoms with van der Waals surface area (Å²) in [6.45, 7) is 16.3. The van der Waals surface area contributed by atoms with Crippen molar-refractivity contribution < 1.29 is 0 Å². The Morgan fingerprint density at radius 1 is 1.00 bits per heavy atom. The third kappa shape index (κ3) is 8.15. The van der Waals surface area contributed by atoms with Gasteiger partial charge < -0.3 is 5.32 Å². The van der Waals surface area contributed by atoms with Gasteiger partial charge in [0.1, 0.15) is 0 Å². The summed E-state index contributed by atoms with van der Waals surface area (Å²) in [7, 11) is 0. The van der Waals surface area contributed by atoms with Crippen LogP contribution in [0.3, 0.4) is 0 Å². The van der Waals surface area contributed by atoms with E-state index in [4.69, 9.17) is 0 Å². The molecule has 0 saturated heterocycles. The largest absolute Gasteiger partial charge is 0.316 e. The minimum atomic E-state index is 0.442. The van der Waals surface area contributed by atoms with Gasteiger partial charge in [0.05, 0.1) is 0 Å². The van der Waals surface area contributed by atoms with Crippen LogP contribution in [0.4, 0.5) is 0 Å². The highest BCUT2D eigenvalue weighted by atomic mass is 14.9. The third-order valence-corrected chi connectivity index (χ3v) is 3.32. The van der Waals surface area contributed by atoms with E-state index in [-0.39, 0.29) is 0 Å². The van der Waals surface area contributed by atoms with Gasteiger partial charge in [-0.1, -0.05) is 60.8 Å². The zero-order valence-electron chi connectivity index (χ0n) is 12.4. The van der Waals surface area contributed by atoms with Crippen LogP contribution in [0.5, 0.6) is 0 Å². The first kappa shape index (κ1) is 16.0. The standard InChI is InChI=1S/C15H33N/c1-7-8-9-10-14(15(4,5)6)12-16-11-13(2)3/h13-14,16H,7-12H2,1-6H3. The average Bonchev–Trinajstić information content (AvgIpc) is 2.13. The topological polar surface area (TPSA) is 12.0 Å². The molecule has 0 aliphatic heterocycles. The summed E-state index contributed by atoms with van der Waals surface area (Å²) in [5.74, 6) is 1.58. The fourth-order valence-electron chi connectivity index (χ4n) is 2.03. The fourth-order valence-corrected chi connectivity index (χ4v) is 2.03. The smallest absolute Gasteiger partial charge is 0.00154 e. The molecule has 0 aliphatic rings. The Labute approximate surface area is 103 Å². The highest BCUT2D eigenvalue weighted by molar-refractivity contribution is 4.76. The van der Waals surface area contributed by atoms with Crippen LogP contribution in [0, 0.1) is 17.3 Å². The van der Waals surface area contributed by atoms with Gasteiger partial charge in [-0.2, -0.15) is 0 Å². The van der Waals surface area contributed by atoms with Crippen LogP contribution >= 0.6 is 0 Å². The molecule has 0 radical (unpaired) electrons. The SMILES string of the molecule is CCCCCC(CNCC(C)C)C(C)(C)C. The molecule has 1 atom stereocenters. The van der Waals surface area contributed by atoms with Gasteiger partial charge in [-0.25, -0.2) is 0 Å². The maximum atomic E-state index is 3.62. The molecule has 0 aromatic rings. The van der Waals surface area contributed by atoms with Crippen LogP contribution in [0.2, 0.25) is 0 Å². The van der Waals surface area contributed by atoms with E-state index in [1.807, 2.05) is 0 Å². The second kappa shape index (κ2) is 8.11. The van der Waals surface area contributed by atoms with Crippen LogP contribution in [-0.2, 0) is 0 Å². The molecule has 0 aromatic heterocycles. The molecule has 0 fully saturated rings. The predicted molar refractivity (Wildman–Crippen MR) is 74.8 cm³/mol. The average molecular weight is 227 g/mol. The minimum Gasteiger partial charge on any atom is -0.316 e. The monoisotopic (exact) mass is 227 g/mol. The normalized spacial score (nSPS) is 14.4. The first-order chi connectivity index (χ1) is 7.38. The number of hydrogen-bond donors (Lipinski definition) is 1. The Bertz CT molecular complexity index is 155. The first-order valence-electron chi connectivity index (χ1n) is 7.08. The summed E-state index contributed by atoms with van der Waals surface area (Å²) in [5.41, 5.74) is 0.442. The Balaban J connectivity index is 3.92. The Kier molecular flexibility index (Phi) is 8.09. The van der Waals surface area contributed by atoms with Crippen molar-refractivity contribution in [1.29, 1.82) is 0 Å². The van der Waals surface area contributed by atoms with Crippen LogP contribution in [0.25, 0.3) is 0 Å². The zero-order chi connectivity index (χ0) is 12.6. The number of hydrogen-bond acceptors (Lipinski definition) is 1. The second-order valence-corrected chi connectivity index (χ2v) is 6.61. The van der Waals surface area contributed by atoms with E-state index < -0.39 is 0 Å². The molecular formula is C15H33N. The van der Waals surface area contributed by atoms with E-state index in [9.17, 15) is 0 Å². The molecule has 1 nitrogen and oxygen atoms in total. The Hall–Kier alpha value is -0.0400. The molecule has 0 amide bonds. The van der Waals surface area contributed by atoms with Crippen LogP contribution in [0.1, 0.15) is 67.2 Å². The van der Waals surface area contributed by atoms with E-state index in [2.05, 4.69) is 46.9 Å². The summed E-state index contributed by atoms with van der Waals surface area (Å²) in [6, 6.07) is 0. The summed E-state index contributed by atoms with van der Waals surface area (Å²) < 4.78 is 0. The molecule has 0 aromatic carbocycles. The van der Waals surface area contributed by atoms with E-state index >= 15 is 0 Å². The molecular weight excluding hydrogens is 194 g/mol.